The number of aromatic nitrogens is 2. The van der Waals surface area contributed by atoms with Gasteiger partial charge in [0.25, 0.3) is 5.91 Å². The molecule has 0 aliphatic heterocycles. The molecular weight excluding hydrogens is 377 g/mol. The minimum absolute atomic E-state index is 0.110. The minimum atomic E-state index is -0.390. The predicted octanol–water partition coefficient (Wildman–Crippen LogP) is 4.92. The van der Waals surface area contributed by atoms with Crippen molar-refractivity contribution < 1.29 is 4.79 Å². The number of hydrogen-bond acceptors (Lipinski definition) is 3. The van der Waals surface area contributed by atoms with E-state index in [1.54, 1.807) is 18.2 Å². The molecule has 110 valence electrons. The number of benzene rings is 1. The number of halogens is 3. The van der Waals surface area contributed by atoms with Crippen LogP contribution in [0.25, 0.3) is 0 Å². The van der Waals surface area contributed by atoms with Gasteiger partial charge in [-0.05, 0) is 34.1 Å². The van der Waals surface area contributed by atoms with Crippen molar-refractivity contribution in [3.05, 3.63) is 50.4 Å². The third-order valence-corrected chi connectivity index (χ3v) is 4.16. The maximum Gasteiger partial charge on any atom is 0.275 e. The van der Waals surface area contributed by atoms with Crippen molar-refractivity contribution in [3.63, 3.8) is 0 Å². The van der Waals surface area contributed by atoms with Crippen LogP contribution in [0, 0.1) is 0 Å². The third kappa shape index (κ3) is 3.93. The second kappa shape index (κ2) is 6.73. The first-order valence-electron chi connectivity index (χ1n) is 6.17. The standard InChI is InChI=1S/C14H12BrCl2N3O/c1-7(2)13-18-6-11(17)12(20-13)14(21)19-8-3-4-10(16)9(15)5-8/h3-7H,1-2H3,(H,19,21). The monoisotopic (exact) mass is 387 g/mol. The van der Waals surface area contributed by atoms with E-state index in [9.17, 15) is 4.79 Å². The van der Waals surface area contributed by atoms with Crippen LogP contribution in [0.3, 0.4) is 0 Å². The topological polar surface area (TPSA) is 54.9 Å². The highest BCUT2D eigenvalue weighted by atomic mass is 79.9. The number of anilines is 1. The number of carbonyl (C=O) groups is 1. The van der Waals surface area contributed by atoms with Crippen molar-refractivity contribution in [2.75, 3.05) is 5.32 Å². The van der Waals surface area contributed by atoms with E-state index in [1.807, 2.05) is 13.8 Å². The quantitative estimate of drug-likeness (QED) is 0.811. The fraction of sp³-hybridized carbons (Fsp3) is 0.214. The van der Waals surface area contributed by atoms with Crippen molar-refractivity contribution in [2.24, 2.45) is 0 Å². The van der Waals surface area contributed by atoms with E-state index in [2.05, 4.69) is 31.2 Å². The number of nitrogens with one attached hydrogen (secondary N) is 1. The van der Waals surface area contributed by atoms with Gasteiger partial charge in [-0.25, -0.2) is 9.97 Å². The summed E-state index contributed by atoms with van der Waals surface area (Å²) in [5.74, 6) is 0.291. The average Bonchev–Trinajstić information content (AvgIpc) is 2.43. The van der Waals surface area contributed by atoms with Gasteiger partial charge in [0.05, 0.1) is 16.2 Å². The number of hydrogen-bond donors (Lipinski definition) is 1. The lowest BCUT2D eigenvalue weighted by atomic mass is 10.2. The fourth-order valence-corrected chi connectivity index (χ4v) is 2.26. The lowest BCUT2D eigenvalue weighted by Gasteiger charge is -2.09. The van der Waals surface area contributed by atoms with Gasteiger partial charge in [-0.1, -0.05) is 37.0 Å². The lowest BCUT2D eigenvalue weighted by molar-refractivity contribution is 0.102. The van der Waals surface area contributed by atoms with Crippen molar-refractivity contribution in [3.8, 4) is 0 Å². The maximum absolute atomic E-state index is 12.3. The zero-order valence-electron chi connectivity index (χ0n) is 11.3. The van der Waals surface area contributed by atoms with Gasteiger partial charge in [0.1, 0.15) is 5.82 Å². The number of nitrogens with zero attached hydrogens (tertiary/aromatic N) is 2. The highest BCUT2D eigenvalue weighted by Gasteiger charge is 2.16. The summed E-state index contributed by atoms with van der Waals surface area (Å²) in [6.07, 6.45) is 1.44. The summed E-state index contributed by atoms with van der Waals surface area (Å²) in [5, 5.41) is 3.51. The van der Waals surface area contributed by atoms with E-state index in [0.717, 1.165) is 0 Å². The molecule has 0 unspecified atom stereocenters. The van der Waals surface area contributed by atoms with Crippen LogP contribution in [0.5, 0.6) is 0 Å². The first-order valence-corrected chi connectivity index (χ1v) is 7.72. The number of amides is 1. The largest absolute Gasteiger partial charge is 0.321 e. The second-order valence-electron chi connectivity index (χ2n) is 4.66. The summed E-state index contributed by atoms with van der Waals surface area (Å²) >= 11 is 15.2. The Morgan fingerprint density at radius 1 is 1.29 bits per heavy atom. The summed E-state index contributed by atoms with van der Waals surface area (Å²) in [7, 11) is 0. The van der Waals surface area contributed by atoms with Gasteiger partial charge in [0, 0.05) is 16.1 Å². The van der Waals surface area contributed by atoms with E-state index in [0.29, 0.717) is 21.0 Å². The summed E-state index contributed by atoms with van der Waals surface area (Å²) in [5.41, 5.74) is 0.749. The molecule has 2 rings (SSSR count). The Hall–Kier alpha value is -1.17. The molecule has 1 amide bonds. The summed E-state index contributed by atoms with van der Waals surface area (Å²) in [6, 6.07) is 5.09. The molecule has 2 aromatic rings. The Morgan fingerprint density at radius 3 is 2.62 bits per heavy atom. The van der Waals surface area contributed by atoms with E-state index in [4.69, 9.17) is 23.2 Å². The maximum atomic E-state index is 12.3. The van der Waals surface area contributed by atoms with Gasteiger partial charge >= 0.3 is 0 Å². The lowest BCUT2D eigenvalue weighted by Crippen LogP contribution is -2.16. The Morgan fingerprint density at radius 2 is 2.00 bits per heavy atom. The molecule has 0 aliphatic carbocycles. The van der Waals surface area contributed by atoms with Crippen molar-refractivity contribution in [1.82, 2.24) is 9.97 Å². The molecule has 0 spiro atoms. The van der Waals surface area contributed by atoms with Crippen molar-refractivity contribution >= 4 is 50.7 Å². The first-order chi connectivity index (χ1) is 9.88. The molecule has 0 atom stereocenters. The Labute approximate surface area is 141 Å². The highest BCUT2D eigenvalue weighted by Crippen LogP contribution is 2.26. The molecule has 0 bridgehead atoms. The normalized spacial score (nSPS) is 10.8. The molecule has 1 heterocycles. The first kappa shape index (κ1) is 16.2. The zero-order valence-corrected chi connectivity index (χ0v) is 14.4. The van der Waals surface area contributed by atoms with Crippen LogP contribution in [0.4, 0.5) is 5.69 Å². The van der Waals surface area contributed by atoms with Crippen molar-refractivity contribution in [2.45, 2.75) is 19.8 Å². The Balaban J connectivity index is 2.27. The molecule has 0 radical (unpaired) electrons. The van der Waals surface area contributed by atoms with E-state index in [1.165, 1.54) is 6.20 Å². The van der Waals surface area contributed by atoms with Crippen LogP contribution in [0.15, 0.2) is 28.9 Å². The molecule has 21 heavy (non-hydrogen) atoms. The molecule has 0 aliphatic rings. The molecule has 1 aromatic heterocycles. The molecule has 1 N–H and O–H groups in total. The minimum Gasteiger partial charge on any atom is -0.321 e. The van der Waals surface area contributed by atoms with Crippen LogP contribution in [-0.4, -0.2) is 15.9 Å². The second-order valence-corrected chi connectivity index (χ2v) is 6.33. The molecule has 0 saturated heterocycles. The summed E-state index contributed by atoms with van der Waals surface area (Å²) < 4.78 is 0.693. The van der Waals surface area contributed by atoms with Crippen molar-refractivity contribution in [1.29, 1.82) is 0 Å². The zero-order chi connectivity index (χ0) is 15.6. The van der Waals surface area contributed by atoms with Gasteiger partial charge in [-0.3, -0.25) is 4.79 Å². The van der Waals surface area contributed by atoms with Crippen LogP contribution < -0.4 is 5.32 Å². The SMILES string of the molecule is CC(C)c1ncc(Cl)c(C(=O)Nc2ccc(Cl)c(Br)c2)n1. The molecule has 0 saturated carbocycles. The predicted molar refractivity (Wildman–Crippen MR) is 88.2 cm³/mol. The van der Waals surface area contributed by atoms with Crippen LogP contribution in [0.1, 0.15) is 36.1 Å². The number of rotatable bonds is 3. The molecule has 7 heteroatoms. The Kier molecular flexibility index (Phi) is 5.19. The molecule has 0 fully saturated rings. The Bertz CT molecular complexity index is 692. The smallest absolute Gasteiger partial charge is 0.275 e. The van der Waals surface area contributed by atoms with Gasteiger partial charge in [0.2, 0.25) is 0 Å². The van der Waals surface area contributed by atoms with E-state index >= 15 is 0 Å². The van der Waals surface area contributed by atoms with Crippen LogP contribution in [-0.2, 0) is 0 Å². The van der Waals surface area contributed by atoms with E-state index < -0.39 is 5.91 Å². The van der Waals surface area contributed by atoms with Gasteiger partial charge in [-0.2, -0.15) is 0 Å². The van der Waals surface area contributed by atoms with Gasteiger partial charge < -0.3 is 5.32 Å². The molecular formula is C14H12BrCl2N3O. The molecule has 1 aromatic carbocycles. The third-order valence-electron chi connectivity index (χ3n) is 2.67. The van der Waals surface area contributed by atoms with Gasteiger partial charge in [-0.15, -0.1) is 0 Å². The summed E-state index contributed by atoms with van der Waals surface area (Å²) in [6.45, 7) is 3.89. The van der Waals surface area contributed by atoms with Crippen LogP contribution in [0.2, 0.25) is 10.0 Å². The fourth-order valence-electron chi connectivity index (χ4n) is 1.58. The summed E-state index contributed by atoms with van der Waals surface area (Å²) in [4.78, 5) is 20.6. The number of carbonyl (C=O) groups excluding carboxylic acids is 1. The molecule has 4 nitrogen and oxygen atoms in total. The van der Waals surface area contributed by atoms with E-state index in [-0.39, 0.29) is 16.6 Å². The van der Waals surface area contributed by atoms with Crippen LogP contribution >= 0.6 is 39.1 Å². The van der Waals surface area contributed by atoms with Gasteiger partial charge in [0.15, 0.2) is 5.69 Å². The average molecular weight is 389 g/mol. The highest BCUT2D eigenvalue weighted by molar-refractivity contribution is 9.10.